The number of alkyl carbamates (subject to hydrolysis) is 1. The number of aliphatic carboxylic acids is 1. The van der Waals surface area contributed by atoms with Crippen molar-refractivity contribution in [2.24, 2.45) is 0 Å². The number of carbonyl (C=O) groups excluding carboxylic acids is 2. The summed E-state index contributed by atoms with van der Waals surface area (Å²) in [5.41, 5.74) is 3.08. The van der Waals surface area contributed by atoms with E-state index in [1.165, 1.54) is 12.0 Å². The summed E-state index contributed by atoms with van der Waals surface area (Å²) in [7, 11) is 1.45. The van der Waals surface area contributed by atoms with Crippen LogP contribution < -0.4 is 5.32 Å². The van der Waals surface area contributed by atoms with Crippen molar-refractivity contribution in [3.8, 4) is 11.1 Å². The van der Waals surface area contributed by atoms with Gasteiger partial charge in [0.15, 0.2) is 0 Å². The van der Waals surface area contributed by atoms with Crippen molar-refractivity contribution in [1.82, 2.24) is 10.2 Å². The van der Waals surface area contributed by atoms with Gasteiger partial charge in [0.25, 0.3) is 5.91 Å². The van der Waals surface area contributed by atoms with Crippen LogP contribution in [0.15, 0.2) is 48.5 Å². The highest BCUT2D eigenvalue weighted by molar-refractivity contribution is 5.90. The normalized spacial score (nSPS) is 18.6. The molecule has 8 nitrogen and oxygen atoms in total. The Balaban J connectivity index is 1.45. The number of hydrogen-bond acceptors (Lipinski definition) is 5. The van der Waals surface area contributed by atoms with Gasteiger partial charge >= 0.3 is 12.1 Å². The first-order chi connectivity index (χ1) is 16.3. The number of benzene rings is 2. The molecule has 2 aliphatic rings. The fourth-order valence-electron chi connectivity index (χ4n) is 5.13. The van der Waals surface area contributed by atoms with Crippen molar-refractivity contribution >= 4 is 18.0 Å². The smallest absolute Gasteiger partial charge is 0.408 e. The number of likely N-dealkylation sites (tertiary alicyclic amines) is 1. The third-order valence-electron chi connectivity index (χ3n) is 6.67. The Hall–Kier alpha value is -3.39. The van der Waals surface area contributed by atoms with Crippen molar-refractivity contribution in [3.05, 3.63) is 59.7 Å². The molecule has 0 radical (unpaired) electrons. The number of carbonyl (C=O) groups is 3. The molecule has 2 unspecified atom stereocenters. The average molecular weight is 467 g/mol. The molecule has 1 aliphatic heterocycles. The lowest BCUT2D eigenvalue weighted by atomic mass is 9.98. The summed E-state index contributed by atoms with van der Waals surface area (Å²) in [6.45, 7) is 2.09. The molecule has 1 aliphatic carbocycles. The van der Waals surface area contributed by atoms with Gasteiger partial charge in [0.1, 0.15) is 12.1 Å². The number of ether oxygens (including phenoxy) is 2. The maximum absolute atomic E-state index is 13.4. The lowest BCUT2D eigenvalue weighted by Crippen LogP contribution is -2.61. The van der Waals surface area contributed by atoms with Gasteiger partial charge in [-0.15, -0.1) is 0 Å². The van der Waals surface area contributed by atoms with Gasteiger partial charge in [-0.3, -0.25) is 9.59 Å². The van der Waals surface area contributed by atoms with E-state index < -0.39 is 23.6 Å². The van der Waals surface area contributed by atoms with E-state index in [0.717, 1.165) is 28.7 Å². The molecule has 4 rings (SSSR count). The first-order valence-electron chi connectivity index (χ1n) is 11.5. The van der Waals surface area contributed by atoms with Crippen LogP contribution >= 0.6 is 0 Å². The van der Waals surface area contributed by atoms with Gasteiger partial charge in [-0.25, -0.2) is 4.79 Å². The molecule has 0 bridgehead atoms. The summed E-state index contributed by atoms with van der Waals surface area (Å²) in [4.78, 5) is 38.9. The summed E-state index contributed by atoms with van der Waals surface area (Å²) < 4.78 is 10.9. The number of fused-ring (bicyclic) bond motifs is 3. The first kappa shape index (κ1) is 23.8. The van der Waals surface area contributed by atoms with Crippen LogP contribution in [0, 0.1) is 0 Å². The SMILES string of the molecule is COCC(C)(NC(=O)OCC1c2ccccc2-c2ccccc21)C(=O)N1CCCC1CC(=O)O. The summed E-state index contributed by atoms with van der Waals surface area (Å²) >= 11 is 0. The summed E-state index contributed by atoms with van der Waals surface area (Å²) in [5, 5.41) is 11.9. The molecule has 2 atom stereocenters. The summed E-state index contributed by atoms with van der Waals surface area (Å²) in [6, 6.07) is 15.7. The molecule has 8 heteroatoms. The number of nitrogens with one attached hydrogen (secondary N) is 1. The number of hydrogen-bond donors (Lipinski definition) is 2. The molecule has 2 N–H and O–H groups in total. The van der Waals surface area contributed by atoms with Gasteiger partial charge in [0.2, 0.25) is 0 Å². The molecule has 0 saturated carbocycles. The number of rotatable bonds is 8. The lowest BCUT2D eigenvalue weighted by Gasteiger charge is -2.35. The standard InChI is InChI=1S/C26H30N2O6/c1-26(16-33-2,24(31)28-13-7-8-17(28)14-23(29)30)27-25(32)34-15-22-20-11-5-3-9-18(20)19-10-4-6-12-21(19)22/h3-6,9-12,17,22H,7-8,13-16H2,1-2H3,(H,27,32)(H,29,30). The molecule has 1 fully saturated rings. The Morgan fingerprint density at radius 2 is 1.71 bits per heavy atom. The van der Waals surface area contributed by atoms with E-state index in [2.05, 4.69) is 17.4 Å². The minimum Gasteiger partial charge on any atom is -0.481 e. The van der Waals surface area contributed by atoms with Crippen molar-refractivity contribution in [2.45, 2.75) is 43.7 Å². The van der Waals surface area contributed by atoms with E-state index in [-0.39, 0.29) is 31.5 Å². The van der Waals surface area contributed by atoms with Crippen LogP contribution in [0.5, 0.6) is 0 Å². The van der Waals surface area contributed by atoms with E-state index in [9.17, 15) is 19.5 Å². The van der Waals surface area contributed by atoms with E-state index in [1.807, 2.05) is 36.4 Å². The van der Waals surface area contributed by atoms with Gasteiger partial charge in [0, 0.05) is 25.6 Å². The second-order valence-corrected chi connectivity index (χ2v) is 9.11. The first-order valence-corrected chi connectivity index (χ1v) is 11.5. The predicted octanol–water partition coefficient (Wildman–Crippen LogP) is 3.40. The Morgan fingerprint density at radius 1 is 1.09 bits per heavy atom. The van der Waals surface area contributed by atoms with Crippen LogP contribution in [0.1, 0.15) is 43.2 Å². The van der Waals surface area contributed by atoms with Gasteiger partial charge < -0.3 is 24.8 Å². The number of carboxylic acid groups (broad SMARTS) is 1. The fourth-order valence-corrected chi connectivity index (χ4v) is 5.13. The van der Waals surface area contributed by atoms with Gasteiger partial charge in [-0.05, 0) is 42.0 Å². The Kier molecular flexibility index (Phi) is 6.88. The van der Waals surface area contributed by atoms with Crippen molar-refractivity contribution in [2.75, 3.05) is 26.9 Å². The maximum atomic E-state index is 13.4. The molecule has 0 spiro atoms. The largest absolute Gasteiger partial charge is 0.481 e. The van der Waals surface area contributed by atoms with Crippen LogP contribution in [0.2, 0.25) is 0 Å². The van der Waals surface area contributed by atoms with E-state index in [0.29, 0.717) is 13.0 Å². The zero-order valence-electron chi connectivity index (χ0n) is 19.5. The Labute approximate surface area is 198 Å². The molecule has 2 aromatic rings. The third-order valence-corrected chi connectivity index (χ3v) is 6.67. The number of methoxy groups -OCH3 is 1. The lowest BCUT2D eigenvalue weighted by molar-refractivity contribution is -0.143. The molecule has 1 heterocycles. The maximum Gasteiger partial charge on any atom is 0.408 e. The highest BCUT2D eigenvalue weighted by Gasteiger charge is 2.43. The summed E-state index contributed by atoms with van der Waals surface area (Å²) in [5.74, 6) is -1.42. The van der Waals surface area contributed by atoms with Gasteiger partial charge in [0.05, 0.1) is 13.0 Å². The number of nitrogens with zero attached hydrogens (tertiary/aromatic N) is 1. The van der Waals surface area contributed by atoms with Crippen molar-refractivity contribution < 1.29 is 29.0 Å². The molecular weight excluding hydrogens is 436 g/mol. The zero-order chi connectivity index (χ0) is 24.3. The van der Waals surface area contributed by atoms with Crippen molar-refractivity contribution in [3.63, 3.8) is 0 Å². The van der Waals surface area contributed by atoms with Crippen LogP contribution in [0.4, 0.5) is 4.79 Å². The topological polar surface area (TPSA) is 105 Å². The van der Waals surface area contributed by atoms with Crippen LogP contribution in [-0.4, -0.2) is 66.4 Å². The monoisotopic (exact) mass is 466 g/mol. The molecule has 180 valence electrons. The quantitative estimate of drug-likeness (QED) is 0.618. The highest BCUT2D eigenvalue weighted by atomic mass is 16.5. The number of carboxylic acids is 1. The second kappa shape index (κ2) is 9.85. The van der Waals surface area contributed by atoms with E-state index in [4.69, 9.17) is 9.47 Å². The molecule has 34 heavy (non-hydrogen) atoms. The number of amides is 2. The molecule has 2 aromatic carbocycles. The van der Waals surface area contributed by atoms with Crippen LogP contribution in [0.3, 0.4) is 0 Å². The molecule has 2 amide bonds. The predicted molar refractivity (Wildman–Crippen MR) is 125 cm³/mol. The van der Waals surface area contributed by atoms with Crippen LogP contribution in [-0.2, 0) is 19.1 Å². The van der Waals surface area contributed by atoms with Gasteiger partial charge in [-0.2, -0.15) is 0 Å². The van der Waals surface area contributed by atoms with Crippen LogP contribution in [0.25, 0.3) is 11.1 Å². The zero-order valence-corrected chi connectivity index (χ0v) is 19.5. The molecule has 0 aromatic heterocycles. The van der Waals surface area contributed by atoms with Gasteiger partial charge in [-0.1, -0.05) is 48.5 Å². The Morgan fingerprint density at radius 3 is 2.29 bits per heavy atom. The minimum absolute atomic E-state index is 0.0632. The van der Waals surface area contributed by atoms with E-state index in [1.54, 1.807) is 6.92 Å². The van der Waals surface area contributed by atoms with Crippen molar-refractivity contribution in [1.29, 1.82) is 0 Å². The highest BCUT2D eigenvalue weighted by Crippen LogP contribution is 2.44. The summed E-state index contributed by atoms with van der Waals surface area (Å²) in [6.07, 6.45) is 0.493. The average Bonchev–Trinajstić information content (AvgIpc) is 3.39. The second-order valence-electron chi connectivity index (χ2n) is 9.11. The van der Waals surface area contributed by atoms with E-state index >= 15 is 0 Å². The fraction of sp³-hybridized carbons (Fsp3) is 0.423. The minimum atomic E-state index is -1.38. The molecular formula is C26H30N2O6. The Bertz CT molecular complexity index is 1040. The molecule has 1 saturated heterocycles. The third kappa shape index (κ3) is 4.63.